The van der Waals surface area contributed by atoms with Gasteiger partial charge in [0.1, 0.15) is 0 Å². The van der Waals surface area contributed by atoms with Gasteiger partial charge in [0.2, 0.25) is 0 Å². The Morgan fingerprint density at radius 3 is 2.48 bits per heavy atom. The van der Waals surface area contributed by atoms with Crippen LogP contribution in [-0.2, 0) is 4.74 Å². The van der Waals surface area contributed by atoms with Crippen molar-refractivity contribution in [1.29, 1.82) is 0 Å². The van der Waals surface area contributed by atoms with Gasteiger partial charge in [0.05, 0.1) is 29.5 Å². The lowest BCUT2D eigenvalue weighted by Gasteiger charge is -2.30. The number of nitro benzene ring substituents is 1. The van der Waals surface area contributed by atoms with Gasteiger partial charge >= 0.3 is 0 Å². The van der Waals surface area contributed by atoms with E-state index in [1.165, 1.54) is 12.1 Å². The van der Waals surface area contributed by atoms with Gasteiger partial charge in [-0.1, -0.05) is 15.9 Å². The number of morpholine rings is 1. The van der Waals surface area contributed by atoms with E-state index in [2.05, 4.69) is 21.2 Å². The van der Waals surface area contributed by atoms with Crippen LogP contribution in [0.3, 0.4) is 0 Å². The molecule has 1 fully saturated rings. The topological polar surface area (TPSA) is 84.7 Å². The molecule has 1 amide bonds. The summed E-state index contributed by atoms with van der Waals surface area (Å²) in [4.78, 5) is 25.1. The van der Waals surface area contributed by atoms with E-state index in [-0.39, 0.29) is 11.6 Å². The first kappa shape index (κ1) is 17.4. The molecule has 0 bridgehead atoms. The molecule has 25 heavy (non-hydrogen) atoms. The van der Waals surface area contributed by atoms with Gasteiger partial charge in [-0.2, -0.15) is 0 Å². The molecular weight excluding hydrogens is 390 g/mol. The number of amides is 1. The first-order valence-electron chi connectivity index (χ1n) is 7.72. The zero-order valence-corrected chi connectivity index (χ0v) is 14.9. The van der Waals surface area contributed by atoms with Crippen LogP contribution in [0.25, 0.3) is 0 Å². The fourth-order valence-corrected chi connectivity index (χ4v) is 2.87. The minimum absolute atomic E-state index is 0.0110. The molecular formula is C17H16BrN3O4. The van der Waals surface area contributed by atoms with Crippen LogP contribution >= 0.6 is 15.9 Å². The summed E-state index contributed by atoms with van der Waals surface area (Å²) in [6.07, 6.45) is 0. The summed E-state index contributed by atoms with van der Waals surface area (Å²) < 4.78 is 6.22. The molecule has 1 saturated heterocycles. The highest BCUT2D eigenvalue weighted by atomic mass is 79.9. The Morgan fingerprint density at radius 1 is 1.16 bits per heavy atom. The average molecular weight is 406 g/mol. The minimum Gasteiger partial charge on any atom is -0.378 e. The molecule has 3 rings (SSSR count). The predicted molar refractivity (Wildman–Crippen MR) is 98.2 cm³/mol. The zero-order valence-electron chi connectivity index (χ0n) is 13.3. The van der Waals surface area contributed by atoms with E-state index in [0.717, 1.165) is 4.47 Å². The number of non-ortho nitro benzene ring substituents is 1. The molecule has 1 aliphatic heterocycles. The van der Waals surface area contributed by atoms with Crippen molar-refractivity contribution in [3.63, 3.8) is 0 Å². The number of hydrogen-bond donors (Lipinski definition) is 1. The van der Waals surface area contributed by atoms with Crippen molar-refractivity contribution in [2.45, 2.75) is 0 Å². The smallest absolute Gasteiger partial charge is 0.271 e. The Hall–Kier alpha value is -2.45. The highest BCUT2D eigenvalue weighted by Gasteiger charge is 2.20. The van der Waals surface area contributed by atoms with Crippen LogP contribution in [0.4, 0.5) is 17.1 Å². The van der Waals surface area contributed by atoms with E-state index in [4.69, 9.17) is 4.74 Å². The zero-order chi connectivity index (χ0) is 17.8. The fraction of sp³-hybridized carbons (Fsp3) is 0.235. The maximum atomic E-state index is 12.5. The fourth-order valence-electron chi connectivity index (χ4n) is 2.60. The van der Waals surface area contributed by atoms with E-state index < -0.39 is 4.92 Å². The number of nitrogens with one attached hydrogen (secondary N) is 1. The van der Waals surface area contributed by atoms with Crippen molar-refractivity contribution in [3.8, 4) is 0 Å². The number of anilines is 2. The van der Waals surface area contributed by atoms with Crippen LogP contribution in [0.15, 0.2) is 46.9 Å². The Morgan fingerprint density at radius 2 is 1.84 bits per heavy atom. The van der Waals surface area contributed by atoms with Gasteiger partial charge in [0.15, 0.2) is 0 Å². The molecule has 1 aliphatic rings. The number of carbonyl (C=O) groups is 1. The van der Waals surface area contributed by atoms with Crippen molar-refractivity contribution >= 4 is 38.9 Å². The molecule has 8 heteroatoms. The average Bonchev–Trinajstić information content (AvgIpc) is 2.63. The standard InChI is InChI=1S/C17H16BrN3O4/c18-13-3-1-12(2-4-13)17(22)19-15-6-5-14(21(23)24)11-16(15)20-7-9-25-10-8-20/h1-6,11H,7-10H2,(H,19,22). The molecule has 0 spiro atoms. The first-order chi connectivity index (χ1) is 12.0. The molecule has 0 atom stereocenters. The number of rotatable bonds is 4. The SMILES string of the molecule is O=C(Nc1ccc([N+](=O)[O-])cc1N1CCOCC1)c1ccc(Br)cc1. The molecule has 0 aromatic heterocycles. The number of benzene rings is 2. The lowest BCUT2D eigenvalue weighted by molar-refractivity contribution is -0.384. The van der Waals surface area contributed by atoms with E-state index in [0.29, 0.717) is 43.2 Å². The summed E-state index contributed by atoms with van der Waals surface area (Å²) in [5, 5.41) is 13.9. The molecule has 0 unspecified atom stereocenters. The molecule has 1 heterocycles. The summed E-state index contributed by atoms with van der Waals surface area (Å²) in [5.41, 5.74) is 1.67. The molecule has 7 nitrogen and oxygen atoms in total. The molecule has 0 aliphatic carbocycles. The first-order valence-corrected chi connectivity index (χ1v) is 8.52. The number of carbonyl (C=O) groups excluding carboxylic acids is 1. The third-order valence-corrected chi connectivity index (χ3v) is 4.43. The lowest BCUT2D eigenvalue weighted by atomic mass is 10.1. The Bertz CT molecular complexity index is 789. The van der Waals surface area contributed by atoms with Gasteiger partial charge in [-0.25, -0.2) is 0 Å². The van der Waals surface area contributed by atoms with E-state index >= 15 is 0 Å². The maximum Gasteiger partial charge on any atom is 0.271 e. The highest BCUT2D eigenvalue weighted by Crippen LogP contribution is 2.31. The lowest BCUT2D eigenvalue weighted by Crippen LogP contribution is -2.36. The number of halogens is 1. The van der Waals surface area contributed by atoms with Gasteiger partial charge in [0.25, 0.3) is 11.6 Å². The number of ether oxygens (including phenoxy) is 1. The van der Waals surface area contributed by atoms with Crippen molar-refractivity contribution < 1.29 is 14.5 Å². The van der Waals surface area contributed by atoms with Crippen LogP contribution in [0.5, 0.6) is 0 Å². The highest BCUT2D eigenvalue weighted by molar-refractivity contribution is 9.10. The van der Waals surface area contributed by atoms with Crippen LogP contribution in [0, 0.1) is 10.1 Å². The number of nitro groups is 1. The number of nitrogens with zero attached hydrogens (tertiary/aromatic N) is 2. The van der Waals surface area contributed by atoms with Crippen molar-refractivity contribution in [2.75, 3.05) is 36.5 Å². The molecule has 2 aromatic carbocycles. The summed E-state index contributed by atoms with van der Waals surface area (Å²) in [5.74, 6) is -0.268. The second-order valence-electron chi connectivity index (χ2n) is 5.52. The van der Waals surface area contributed by atoms with Gasteiger partial charge in [-0.05, 0) is 30.3 Å². The van der Waals surface area contributed by atoms with Gasteiger partial charge < -0.3 is 15.0 Å². The third kappa shape index (κ3) is 4.15. The summed E-state index contributed by atoms with van der Waals surface area (Å²) in [6, 6.07) is 11.4. The van der Waals surface area contributed by atoms with Gasteiger partial charge in [0, 0.05) is 35.3 Å². The van der Waals surface area contributed by atoms with E-state index in [9.17, 15) is 14.9 Å². The minimum atomic E-state index is -0.440. The van der Waals surface area contributed by atoms with E-state index in [1.807, 2.05) is 4.90 Å². The van der Waals surface area contributed by atoms with Crippen LogP contribution in [-0.4, -0.2) is 37.1 Å². The normalized spacial score (nSPS) is 14.2. The third-order valence-electron chi connectivity index (χ3n) is 3.90. The Labute approximate surface area is 152 Å². The van der Waals surface area contributed by atoms with Gasteiger partial charge in [-0.15, -0.1) is 0 Å². The van der Waals surface area contributed by atoms with Crippen molar-refractivity contribution in [2.24, 2.45) is 0 Å². The Kier molecular flexibility index (Phi) is 5.30. The largest absolute Gasteiger partial charge is 0.378 e. The summed E-state index contributed by atoms with van der Waals surface area (Å²) in [6.45, 7) is 2.32. The quantitative estimate of drug-likeness (QED) is 0.621. The second-order valence-corrected chi connectivity index (χ2v) is 6.43. The predicted octanol–water partition coefficient (Wildman–Crippen LogP) is 3.45. The summed E-state index contributed by atoms with van der Waals surface area (Å²) >= 11 is 3.33. The summed E-state index contributed by atoms with van der Waals surface area (Å²) in [7, 11) is 0. The molecule has 130 valence electrons. The van der Waals surface area contributed by atoms with Crippen molar-refractivity contribution in [1.82, 2.24) is 0 Å². The molecule has 0 radical (unpaired) electrons. The second kappa shape index (κ2) is 7.62. The molecule has 2 aromatic rings. The maximum absolute atomic E-state index is 12.5. The van der Waals surface area contributed by atoms with Crippen LogP contribution in [0.1, 0.15) is 10.4 Å². The number of hydrogen-bond acceptors (Lipinski definition) is 5. The Balaban J connectivity index is 1.89. The van der Waals surface area contributed by atoms with Gasteiger partial charge in [-0.3, -0.25) is 14.9 Å². The van der Waals surface area contributed by atoms with Crippen LogP contribution < -0.4 is 10.2 Å². The van der Waals surface area contributed by atoms with Crippen molar-refractivity contribution in [3.05, 3.63) is 62.6 Å². The van der Waals surface area contributed by atoms with E-state index in [1.54, 1.807) is 30.3 Å². The monoisotopic (exact) mass is 405 g/mol. The molecule has 1 N–H and O–H groups in total. The van der Waals surface area contributed by atoms with Crippen LogP contribution in [0.2, 0.25) is 0 Å². The molecule has 0 saturated carbocycles.